The van der Waals surface area contributed by atoms with Crippen molar-refractivity contribution in [3.8, 4) is 11.3 Å². The quantitative estimate of drug-likeness (QED) is 0.537. The fraction of sp³-hybridized carbons (Fsp3) is 0.292. The number of hydrogen-bond donors (Lipinski definition) is 0. The monoisotopic (exact) mass is 451 g/mol. The standard InChI is InChI=1S/C24H25N3O4S/c1-18-10-11-20(16-23(18)32(30,31)26-14-6-3-7-15-26)21-12-13-24(29)27(25-21)17-22(28)19-8-4-2-5-9-19/h2,4-5,8-13,16H,3,6-7,14-15,17H2,1H3. The van der Waals surface area contributed by atoms with Crippen molar-refractivity contribution in [1.82, 2.24) is 14.1 Å². The number of nitrogens with zero attached hydrogens (tertiary/aromatic N) is 3. The van der Waals surface area contributed by atoms with E-state index in [1.54, 1.807) is 55.5 Å². The molecule has 1 aliphatic heterocycles. The molecule has 0 radical (unpaired) electrons. The summed E-state index contributed by atoms with van der Waals surface area (Å²) in [4.78, 5) is 25.1. The molecule has 0 atom stereocenters. The lowest BCUT2D eigenvalue weighted by atomic mass is 10.1. The molecule has 1 aromatic heterocycles. The van der Waals surface area contributed by atoms with Gasteiger partial charge in [-0.1, -0.05) is 48.9 Å². The van der Waals surface area contributed by atoms with Crippen LogP contribution in [0.4, 0.5) is 0 Å². The molecule has 0 spiro atoms. The number of sulfonamides is 1. The molecule has 1 fully saturated rings. The lowest BCUT2D eigenvalue weighted by Gasteiger charge is -2.26. The van der Waals surface area contributed by atoms with Crippen molar-refractivity contribution < 1.29 is 13.2 Å². The first kappa shape index (κ1) is 22.1. The van der Waals surface area contributed by atoms with E-state index in [-0.39, 0.29) is 17.2 Å². The number of ketones is 1. The van der Waals surface area contributed by atoms with Crippen molar-refractivity contribution in [2.45, 2.75) is 37.6 Å². The topological polar surface area (TPSA) is 89.3 Å². The number of carbonyl (C=O) groups is 1. The number of aromatic nitrogens is 2. The zero-order valence-corrected chi connectivity index (χ0v) is 18.7. The number of hydrogen-bond acceptors (Lipinski definition) is 5. The molecule has 0 aliphatic carbocycles. The molecule has 166 valence electrons. The third-order valence-electron chi connectivity index (χ3n) is 5.67. The van der Waals surface area contributed by atoms with Gasteiger partial charge in [-0.25, -0.2) is 13.1 Å². The summed E-state index contributed by atoms with van der Waals surface area (Å²) in [5.41, 5.74) is 1.77. The molecule has 8 heteroatoms. The Labute approximate surface area is 187 Å². The van der Waals surface area contributed by atoms with Crippen molar-refractivity contribution in [2.24, 2.45) is 0 Å². The zero-order valence-electron chi connectivity index (χ0n) is 17.9. The SMILES string of the molecule is Cc1ccc(-c2ccc(=O)n(CC(=O)c3ccccc3)n2)cc1S(=O)(=O)N1CCCCC1. The highest BCUT2D eigenvalue weighted by atomic mass is 32.2. The predicted octanol–water partition coefficient (Wildman–Crippen LogP) is 3.28. The Bertz CT molecular complexity index is 1290. The van der Waals surface area contributed by atoms with E-state index in [0.29, 0.717) is 35.5 Å². The smallest absolute Gasteiger partial charge is 0.267 e. The fourth-order valence-electron chi connectivity index (χ4n) is 3.85. The Hall–Kier alpha value is -3.10. The van der Waals surface area contributed by atoms with Crippen LogP contribution in [0.3, 0.4) is 0 Å². The molecule has 2 aromatic carbocycles. The third-order valence-corrected chi connectivity index (χ3v) is 7.71. The second-order valence-electron chi connectivity index (χ2n) is 7.95. The number of aryl methyl sites for hydroxylation is 1. The second-order valence-corrected chi connectivity index (χ2v) is 9.86. The van der Waals surface area contributed by atoms with E-state index in [0.717, 1.165) is 23.9 Å². The van der Waals surface area contributed by atoms with Crippen molar-refractivity contribution in [3.05, 3.63) is 82.1 Å². The molecule has 1 aliphatic rings. The molecular formula is C24H25N3O4S. The first-order chi connectivity index (χ1) is 15.4. The van der Waals surface area contributed by atoms with Crippen LogP contribution in [0.2, 0.25) is 0 Å². The van der Waals surface area contributed by atoms with Crippen LogP contribution in [-0.2, 0) is 16.6 Å². The van der Waals surface area contributed by atoms with Gasteiger partial charge in [0.1, 0.15) is 6.54 Å². The van der Waals surface area contributed by atoms with E-state index in [2.05, 4.69) is 5.10 Å². The number of benzene rings is 2. The van der Waals surface area contributed by atoms with E-state index in [9.17, 15) is 18.0 Å². The van der Waals surface area contributed by atoms with Gasteiger partial charge in [-0.3, -0.25) is 9.59 Å². The molecule has 3 aromatic rings. The molecule has 0 N–H and O–H groups in total. The Morgan fingerprint density at radius 3 is 2.41 bits per heavy atom. The Kier molecular flexibility index (Phi) is 6.34. The fourth-order valence-corrected chi connectivity index (χ4v) is 5.62. The van der Waals surface area contributed by atoms with Gasteiger partial charge in [0, 0.05) is 30.3 Å². The van der Waals surface area contributed by atoms with E-state index < -0.39 is 15.6 Å². The summed E-state index contributed by atoms with van der Waals surface area (Å²) in [6, 6.07) is 16.7. The zero-order chi connectivity index (χ0) is 22.7. The highest BCUT2D eigenvalue weighted by Crippen LogP contribution is 2.27. The Morgan fingerprint density at radius 1 is 0.969 bits per heavy atom. The maximum atomic E-state index is 13.2. The first-order valence-electron chi connectivity index (χ1n) is 10.6. The van der Waals surface area contributed by atoms with Crippen LogP contribution in [0.5, 0.6) is 0 Å². The molecular weight excluding hydrogens is 426 g/mol. The van der Waals surface area contributed by atoms with Gasteiger partial charge >= 0.3 is 0 Å². The third kappa shape index (κ3) is 4.56. The van der Waals surface area contributed by atoms with Crippen LogP contribution in [0.25, 0.3) is 11.3 Å². The molecule has 0 bridgehead atoms. The largest absolute Gasteiger partial charge is 0.292 e. The molecule has 0 saturated carbocycles. The van der Waals surface area contributed by atoms with Crippen LogP contribution in [0.1, 0.15) is 35.2 Å². The van der Waals surface area contributed by atoms with Crippen LogP contribution in [0, 0.1) is 6.92 Å². The van der Waals surface area contributed by atoms with E-state index in [1.165, 1.54) is 10.4 Å². The van der Waals surface area contributed by atoms with Crippen LogP contribution in [-0.4, -0.2) is 41.4 Å². The van der Waals surface area contributed by atoms with Crippen LogP contribution < -0.4 is 5.56 Å². The van der Waals surface area contributed by atoms with Crippen LogP contribution >= 0.6 is 0 Å². The minimum absolute atomic E-state index is 0.193. The average Bonchev–Trinajstić information content (AvgIpc) is 2.82. The summed E-state index contributed by atoms with van der Waals surface area (Å²) in [6.07, 6.45) is 2.76. The molecule has 4 rings (SSSR count). The van der Waals surface area contributed by atoms with Crippen molar-refractivity contribution in [2.75, 3.05) is 13.1 Å². The summed E-state index contributed by atoms with van der Waals surface area (Å²) < 4.78 is 29.1. The van der Waals surface area contributed by atoms with Gasteiger partial charge in [-0.15, -0.1) is 0 Å². The van der Waals surface area contributed by atoms with E-state index in [4.69, 9.17) is 0 Å². The van der Waals surface area contributed by atoms with E-state index in [1.807, 2.05) is 6.07 Å². The van der Waals surface area contributed by atoms with Gasteiger partial charge in [0.25, 0.3) is 5.56 Å². The molecule has 2 heterocycles. The highest BCUT2D eigenvalue weighted by Gasteiger charge is 2.27. The minimum atomic E-state index is -3.61. The second kappa shape index (κ2) is 9.18. The van der Waals surface area contributed by atoms with Gasteiger partial charge in [0.15, 0.2) is 5.78 Å². The lowest BCUT2D eigenvalue weighted by molar-refractivity contribution is 0.0966. The normalized spacial score (nSPS) is 14.9. The first-order valence-corrected chi connectivity index (χ1v) is 12.1. The molecule has 0 amide bonds. The Balaban J connectivity index is 1.67. The molecule has 1 saturated heterocycles. The summed E-state index contributed by atoms with van der Waals surface area (Å²) in [6.45, 7) is 2.63. The maximum absolute atomic E-state index is 13.2. The maximum Gasteiger partial charge on any atom is 0.267 e. The summed E-state index contributed by atoms with van der Waals surface area (Å²) in [5, 5.41) is 4.35. The van der Waals surface area contributed by atoms with E-state index >= 15 is 0 Å². The average molecular weight is 452 g/mol. The molecule has 7 nitrogen and oxygen atoms in total. The predicted molar refractivity (Wildman–Crippen MR) is 122 cm³/mol. The van der Waals surface area contributed by atoms with Crippen molar-refractivity contribution in [1.29, 1.82) is 0 Å². The summed E-state index contributed by atoms with van der Waals surface area (Å²) in [7, 11) is -3.61. The number of piperidine rings is 1. The van der Waals surface area contributed by atoms with Crippen molar-refractivity contribution >= 4 is 15.8 Å². The van der Waals surface area contributed by atoms with Crippen LogP contribution in [0.15, 0.2) is 70.4 Å². The number of carbonyl (C=O) groups excluding carboxylic acids is 1. The van der Waals surface area contributed by atoms with Crippen molar-refractivity contribution in [3.63, 3.8) is 0 Å². The van der Waals surface area contributed by atoms with Gasteiger partial charge in [-0.2, -0.15) is 9.40 Å². The molecule has 0 unspecified atom stereocenters. The summed E-state index contributed by atoms with van der Waals surface area (Å²) >= 11 is 0. The van der Waals surface area contributed by atoms with Gasteiger partial charge < -0.3 is 0 Å². The number of rotatable bonds is 6. The lowest BCUT2D eigenvalue weighted by Crippen LogP contribution is -2.36. The molecule has 32 heavy (non-hydrogen) atoms. The Morgan fingerprint density at radius 2 is 1.69 bits per heavy atom. The van der Waals surface area contributed by atoms with Gasteiger partial charge in [-0.05, 0) is 37.5 Å². The van der Waals surface area contributed by atoms with Gasteiger partial charge in [0.2, 0.25) is 10.0 Å². The number of Topliss-reactive ketones (excluding diaryl/α,β-unsaturated/α-hetero) is 1. The highest BCUT2D eigenvalue weighted by molar-refractivity contribution is 7.89. The van der Waals surface area contributed by atoms with Gasteiger partial charge in [0.05, 0.1) is 10.6 Å². The summed E-state index contributed by atoms with van der Waals surface area (Å²) in [5.74, 6) is -0.227. The minimum Gasteiger partial charge on any atom is -0.292 e.